The molecule has 9 atom stereocenters. The van der Waals surface area contributed by atoms with Crippen molar-refractivity contribution in [1.82, 2.24) is 0 Å². The van der Waals surface area contributed by atoms with Crippen molar-refractivity contribution in [3.8, 4) is 0 Å². The zero-order valence-electron chi connectivity index (χ0n) is 45.0. The Balaban J connectivity index is 1.05. The molecule has 2 saturated heterocycles. The van der Waals surface area contributed by atoms with Gasteiger partial charge in [-0.25, -0.2) is 4.79 Å². The molecule has 0 N–H and O–H groups in total. The SMILES string of the molecule is CCCCCCCCCCCCCCCCCCCCCCCCCCCCCC(=O)O[C@H]1C(=O)[C@@]2(C)[C@H]([C@@H]3OC(=O)O[C@]34C[C@H](O[Si](C)(C)C)C(C)=C1C4(C)C)[C@]1(OC(C)=O)CO[C@@H]1C[C@@H]2C. The minimum atomic E-state index is -2.21. The molecular formula is C57H98O10Si. The summed E-state index contributed by atoms with van der Waals surface area (Å²) in [6, 6.07) is 0. The van der Waals surface area contributed by atoms with E-state index in [4.69, 9.17) is 28.1 Å². The van der Waals surface area contributed by atoms with Gasteiger partial charge in [-0.15, -0.1) is 0 Å². The van der Waals surface area contributed by atoms with Crippen LogP contribution in [0, 0.1) is 22.7 Å². The first-order chi connectivity index (χ1) is 32.4. The molecule has 1 spiro atoms. The monoisotopic (exact) mass is 971 g/mol. The maximum atomic E-state index is 15.7. The van der Waals surface area contributed by atoms with E-state index in [1.807, 2.05) is 34.6 Å². The molecule has 0 aromatic rings. The predicted molar refractivity (Wildman–Crippen MR) is 273 cm³/mol. The number of Topliss-reactive ketones (excluding diaryl/α,β-unsaturated/α-hetero) is 1. The minimum absolute atomic E-state index is 0.0582. The second kappa shape index (κ2) is 25.9. The van der Waals surface area contributed by atoms with Gasteiger partial charge >= 0.3 is 18.1 Å². The van der Waals surface area contributed by atoms with Crippen molar-refractivity contribution < 1.29 is 47.3 Å². The summed E-state index contributed by atoms with van der Waals surface area (Å²) in [4.78, 5) is 56.2. The van der Waals surface area contributed by atoms with Crippen molar-refractivity contribution >= 4 is 32.2 Å². The number of hydrogen-bond acceptors (Lipinski definition) is 10. The molecule has 11 heteroatoms. The molecule has 5 rings (SSSR count). The topological polar surface area (TPSA) is 124 Å². The van der Waals surface area contributed by atoms with E-state index in [2.05, 4.69) is 26.6 Å². The number of esters is 2. The highest BCUT2D eigenvalue weighted by molar-refractivity contribution is 6.69. The van der Waals surface area contributed by atoms with E-state index in [-0.39, 0.29) is 31.1 Å². The summed E-state index contributed by atoms with van der Waals surface area (Å²) in [7, 11) is -2.21. The molecule has 2 bridgehead atoms. The largest absolute Gasteiger partial charge is 0.509 e. The Kier molecular flexibility index (Phi) is 21.6. The Morgan fingerprint density at radius 3 is 1.57 bits per heavy atom. The number of unbranched alkanes of at least 4 members (excludes halogenated alkanes) is 26. The van der Waals surface area contributed by atoms with Crippen LogP contribution in [0.3, 0.4) is 0 Å². The Bertz CT molecular complexity index is 1670. The van der Waals surface area contributed by atoms with Gasteiger partial charge in [0.2, 0.25) is 0 Å². The third-order valence-electron chi connectivity index (χ3n) is 17.3. The van der Waals surface area contributed by atoms with E-state index in [1.54, 1.807) is 0 Å². The van der Waals surface area contributed by atoms with Gasteiger partial charge in [-0.05, 0) is 56.5 Å². The zero-order chi connectivity index (χ0) is 49.6. The van der Waals surface area contributed by atoms with E-state index in [0.29, 0.717) is 18.4 Å². The van der Waals surface area contributed by atoms with Gasteiger partial charge in [0.05, 0.1) is 18.6 Å². The summed E-state index contributed by atoms with van der Waals surface area (Å²) >= 11 is 0. The van der Waals surface area contributed by atoms with Crippen molar-refractivity contribution in [2.75, 3.05) is 6.61 Å². The van der Waals surface area contributed by atoms with Gasteiger partial charge in [-0.2, -0.15) is 0 Å². The van der Waals surface area contributed by atoms with E-state index < -0.39 is 78.8 Å². The van der Waals surface area contributed by atoms with Crippen molar-refractivity contribution in [2.24, 2.45) is 22.7 Å². The Morgan fingerprint density at radius 1 is 0.706 bits per heavy atom. The molecule has 68 heavy (non-hydrogen) atoms. The first kappa shape index (κ1) is 56.7. The smallest absolute Gasteiger partial charge is 0.454 e. The summed E-state index contributed by atoms with van der Waals surface area (Å²) in [5.74, 6) is -2.31. The molecule has 2 aliphatic heterocycles. The highest BCUT2D eigenvalue weighted by Crippen LogP contribution is 2.67. The molecule has 0 aromatic carbocycles. The van der Waals surface area contributed by atoms with Crippen LogP contribution in [0.15, 0.2) is 11.1 Å². The highest BCUT2D eigenvalue weighted by atomic mass is 28.4. The standard InChI is InChI=1S/C57H98O10Si/c1-11-12-13-14-15-16-17-18-19-20-21-22-23-24-25-26-27-28-29-30-31-32-33-34-35-36-37-38-47(59)63-49-48-43(3)45(67-68(8,9)10)40-57(54(48,5)6)52(64-53(61)66-57)50-55(7,51(49)60)42(2)39-46-56(50,41-62-46)65-44(4)58/h42,45-46,49-50,52H,11-41H2,1-10H3/t42-,45-,46+,49+,50-,52-,55+,56-,57+/m0/s1. The quantitative estimate of drug-likeness (QED) is 0.0212. The first-order valence-corrected chi connectivity index (χ1v) is 31.6. The number of fused-ring (bicyclic) bond motifs is 5. The lowest BCUT2D eigenvalue weighted by Crippen LogP contribution is -2.80. The van der Waals surface area contributed by atoms with Crippen molar-refractivity contribution in [3.05, 3.63) is 11.1 Å². The molecule has 3 aliphatic carbocycles. The Hall–Kier alpha value is -2.24. The predicted octanol–water partition coefficient (Wildman–Crippen LogP) is 15.0. The average Bonchev–Trinajstić information content (AvgIpc) is 3.60. The third-order valence-corrected chi connectivity index (χ3v) is 18.3. The van der Waals surface area contributed by atoms with Gasteiger partial charge in [0.25, 0.3) is 0 Å². The van der Waals surface area contributed by atoms with Crippen LogP contribution in [0.2, 0.25) is 19.6 Å². The van der Waals surface area contributed by atoms with Gasteiger partial charge < -0.3 is 28.1 Å². The molecule has 0 amide bonds. The van der Waals surface area contributed by atoms with E-state index in [9.17, 15) is 14.4 Å². The normalized spacial score (nSPS) is 30.6. The van der Waals surface area contributed by atoms with Crippen LogP contribution in [0.1, 0.15) is 241 Å². The summed E-state index contributed by atoms with van der Waals surface area (Å²) in [5.41, 5.74) is -3.39. The maximum Gasteiger partial charge on any atom is 0.509 e. The Labute approximate surface area is 414 Å². The minimum Gasteiger partial charge on any atom is -0.454 e. The number of ether oxygens (including phenoxy) is 5. The van der Waals surface area contributed by atoms with Crippen LogP contribution in [-0.4, -0.2) is 74.4 Å². The molecule has 0 radical (unpaired) electrons. The van der Waals surface area contributed by atoms with Crippen LogP contribution in [0.5, 0.6) is 0 Å². The molecule has 0 unspecified atom stereocenters. The van der Waals surface area contributed by atoms with Crippen molar-refractivity contribution in [1.29, 1.82) is 0 Å². The molecule has 390 valence electrons. The summed E-state index contributed by atoms with van der Waals surface area (Å²) in [6.45, 7) is 19.8. The number of ketones is 1. The summed E-state index contributed by atoms with van der Waals surface area (Å²) in [5, 5.41) is 0. The Morgan fingerprint density at radius 2 is 1.16 bits per heavy atom. The van der Waals surface area contributed by atoms with Gasteiger partial charge in [-0.3, -0.25) is 14.4 Å². The lowest BCUT2D eigenvalue weighted by Gasteiger charge is -2.66. The second-order valence-corrected chi connectivity index (χ2v) is 28.3. The average molecular weight is 971 g/mol. The fraction of sp³-hybridized carbons (Fsp3) is 0.895. The van der Waals surface area contributed by atoms with Gasteiger partial charge in [-0.1, -0.05) is 202 Å². The van der Waals surface area contributed by atoms with Gasteiger partial charge in [0.1, 0.15) is 6.10 Å². The third kappa shape index (κ3) is 13.6. The molecule has 10 nitrogen and oxygen atoms in total. The molecule has 0 aromatic heterocycles. The van der Waals surface area contributed by atoms with Gasteiger partial charge in [0, 0.05) is 30.6 Å². The fourth-order valence-corrected chi connectivity index (χ4v) is 14.4. The van der Waals surface area contributed by atoms with Crippen LogP contribution in [0.4, 0.5) is 4.79 Å². The van der Waals surface area contributed by atoms with Crippen molar-refractivity contribution in [3.63, 3.8) is 0 Å². The van der Waals surface area contributed by atoms with Crippen LogP contribution in [-0.2, 0) is 42.5 Å². The summed E-state index contributed by atoms with van der Waals surface area (Å²) in [6.07, 6.45) is 32.7. The number of carbonyl (C=O) groups excluding carboxylic acids is 4. The molecule has 5 aliphatic rings. The van der Waals surface area contributed by atoms with E-state index in [1.165, 1.54) is 155 Å². The zero-order valence-corrected chi connectivity index (χ0v) is 46.0. The number of rotatable bonds is 32. The molecule has 2 heterocycles. The van der Waals surface area contributed by atoms with Gasteiger partial charge in [0.15, 0.2) is 37.5 Å². The van der Waals surface area contributed by atoms with E-state index >= 15 is 4.79 Å². The number of carbonyl (C=O) groups is 4. The lowest BCUT2D eigenvalue weighted by atomic mass is 9.43. The van der Waals surface area contributed by atoms with Crippen LogP contribution in [0.25, 0.3) is 0 Å². The maximum absolute atomic E-state index is 15.7. The first-order valence-electron chi connectivity index (χ1n) is 28.2. The second-order valence-electron chi connectivity index (χ2n) is 23.8. The van der Waals surface area contributed by atoms with Crippen LogP contribution >= 0.6 is 0 Å². The van der Waals surface area contributed by atoms with Crippen LogP contribution < -0.4 is 0 Å². The number of hydrogen-bond donors (Lipinski definition) is 0. The fourth-order valence-electron chi connectivity index (χ4n) is 13.3. The summed E-state index contributed by atoms with van der Waals surface area (Å²) < 4.78 is 38.4. The van der Waals surface area contributed by atoms with Crippen molar-refractivity contribution in [2.45, 2.75) is 296 Å². The highest BCUT2D eigenvalue weighted by Gasteiger charge is 2.80. The lowest BCUT2D eigenvalue weighted by molar-refractivity contribution is -0.331. The molecule has 4 fully saturated rings. The van der Waals surface area contributed by atoms with E-state index in [0.717, 1.165) is 24.8 Å². The molecular weight excluding hydrogens is 873 g/mol. The molecule has 2 saturated carbocycles.